The van der Waals surface area contributed by atoms with Crippen LogP contribution in [0.25, 0.3) is 10.9 Å². The molecule has 3 rings (SSSR count). The van der Waals surface area contributed by atoms with Crippen molar-refractivity contribution in [3.63, 3.8) is 0 Å². The zero-order valence-corrected chi connectivity index (χ0v) is 12.0. The minimum absolute atomic E-state index is 0.328. The first-order valence-corrected chi connectivity index (χ1v) is 6.70. The van der Waals surface area contributed by atoms with Gasteiger partial charge in [0.05, 0.1) is 18.3 Å². The van der Waals surface area contributed by atoms with Gasteiger partial charge in [-0.1, -0.05) is 11.6 Å². The first-order valence-electron chi connectivity index (χ1n) is 6.32. The molecule has 0 unspecified atom stereocenters. The first kappa shape index (κ1) is 13.6. The number of nitrogens with one attached hydrogen (secondary N) is 1. The Morgan fingerprint density at radius 3 is 2.67 bits per heavy atom. The molecule has 0 amide bonds. The standard InChI is InChI=1S/C16H12ClFN2O/c1-21-12-5-2-10-3-7-16(20-15(10)9-12)19-14-6-4-11(17)8-13(14)18/h2-9H,1H3,(H,19,20). The van der Waals surface area contributed by atoms with Gasteiger partial charge in [-0.05, 0) is 42.5 Å². The van der Waals surface area contributed by atoms with Crippen molar-refractivity contribution in [2.24, 2.45) is 0 Å². The number of nitrogens with zero attached hydrogens (tertiary/aromatic N) is 1. The molecule has 0 aliphatic carbocycles. The van der Waals surface area contributed by atoms with Crippen LogP contribution in [0.5, 0.6) is 5.75 Å². The van der Waals surface area contributed by atoms with Crippen LogP contribution in [-0.4, -0.2) is 12.1 Å². The highest BCUT2D eigenvalue weighted by atomic mass is 35.5. The number of hydrogen-bond donors (Lipinski definition) is 1. The van der Waals surface area contributed by atoms with E-state index in [2.05, 4.69) is 10.3 Å². The van der Waals surface area contributed by atoms with E-state index in [1.54, 1.807) is 25.3 Å². The highest BCUT2D eigenvalue weighted by Crippen LogP contribution is 2.25. The van der Waals surface area contributed by atoms with E-state index in [1.807, 2.05) is 24.3 Å². The minimum Gasteiger partial charge on any atom is -0.497 e. The van der Waals surface area contributed by atoms with Crippen molar-refractivity contribution >= 4 is 34.0 Å². The lowest BCUT2D eigenvalue weighted by Gasteiger charge is -2.08. The SMILES string of the molecule is COc1ccc2ccc(Nc3ccc(Cl)cc3F)nc2c1. The van der Waals surface area contributed by atoms with Gasteiger partial charge in [-0.3, -0.25) is 0 Å². The molecule has 1 heterocycles. The highest BCUT2D eigenvalue weighted by Gasteiger charge is 2.05. The molecule has 1 aromatic heterocycles. The number of rotatable bonds is 3. The van der Waals surface area contributed by atoms with Crippen LogP contribution in [0.2, 0.25) is 5.02 Å². The quantitative estimate of drug-likeness (QED) is 0.756. The molecule has 3 nitrogen and oxygen atoms in total. The molecule has 106 valence electrons. The summed E-state index contributed by atoms with van der Waals surface area (Å²) < 4.78 is 19.0. The summed E-state index contributed by atoms with van der Waals surface area (Å²) in [6.45, 7) is 0. The van der Waals surface area contributed by atoms with Gasteiger partial charge in [0.15, 0.2) is 0 Å². The first-order chi connectivity index (χ1) is 10.2. The maximum atomic E-state index is 13.8. The van der Waals surface area contributed by atoms with E-state index in [4.69, 9.17) is 16.3 Å². The molecule has 21 heavy (non-hydrogen) atoms. The van der Waals surface area contributed by atoms with E-state index in [-0.39, 0.29) is 0 Å². The lowest BCUT2D eigenvalue weighted by atomic mass is 10.2. The number of halogens is 2. The van der Waals surface area contributed by atoms with Gasteiger partial charge in [0.1, 0.15) is 17.4 Å². The van der Waals surface area contributed by atoms with Gasteiger partial charge in [-0.15, -0.1) is 0 Å². The number of methoxy groups -OCH3 is 1. The summed E-state index contributed by atoms with van der Waals surface area (Å²) in [5.74, 6) is 0.858. The zero-order chi connectivity index (χ0) is 14.8. The number of fused-ring (bicyclic) bond motifs is 1. The molecule has 0 saturated carbocycles. The molecule has 0 atom stereocenters. The topological polar surface area (TPSA) is 34.1 Å². The van der Waals surface area contributed by atoms with Gasteiger partial charge in [0.2, 0.25) is 0 Å². The third kappa shape index (κ3) is 2.90. The van der Waals surface area contributed by atoms with Crippen LogP contribution in [0.15, 0.2) is 48.5 Å². The number of pyridine rings is 1. The molecule has 0 saturated heterocycles. The third-order valence-corrected chi connectivity index (χ3v) is 3.33. The van der Waals surface area contributed by atoms with Crippen molar-refractivity contribution in [3.8, 4) is 5.75 Å². The van der Waals surface area contributed by atoms with Crippen molar-refractivity contribution < 1.29 is 9.13 Å². The summed E-state index contributed by atoms with van der Waals surface area (Å²) in [7, 11) is 1.60. The molecule has 0 fully saturated rings. The van der Waals surface area contributed by atoms with Crippen molar-refractivity contribution in [2.45, 2.75) is 0 Å². The summed E-state index contributed by atoms with van der Waals surface area (Å²) >= 11 is 5.73. The Bertz CT molecular complexity index is 807. The van der Waals surface area contributed by atoms with Crippen LogP contribution in [-0.2, 0) is 0 Å². The summed E-state index contributed by atoms with van der Waals surface area (Å²) in [5.41, 5.74) is 1.10. The molecular weight excluding hydrogens is 291 g/mol. The largest absolute Gasteiger partial charge is 0.497 e. The fourth-order valence-electron chi connectivity index (χ4n) is 2.02. The number of aromatic nitrogens is 1. The summed E-state index contributed by atoms with van der Waals surface area (Å²) in [4.78, 5) is 4.45. The van der Waals surface area contributed by atoms with Gasteiger partial charge in [-0.25, -0.2) is 9.37 Å². The summed E-state index contributed by atoms with van der Waals surface area (Å²) in [5, 5.41) is 4.28. The van der Waals surface area contributed by atoms with Crippen LogP contribution in [0.4, 0.5) is 15.9 Å². The van der Waals surface area contributed by atoms with E-state index < -0.39 is 5.82 Å². The van der Waals surface area contributed by atoms with Crippen molar-refractivity contribution in [1.82, 2.24) is 4.98 Å². The molecule has 3 aromatic rings. The zero-order valence-electron chi connectivity index (χ0n) is 11.2. The fourth-order valence-corrected chi connectivity index (χ4v) is 2.18. The Labute approximate surface area is 126 Å². The number of hydrogen-bond acceptors (Lipinski definition) is 3. The second-order valence-corrected chi connectivity index (χ2v) is 4.94. The lowest BCUT2D eigenvalue weighted by Crippen LogP contribution is -1.96. The van der Waals surface area contributed by atoms with E-state index >= 15 is 0 Å². The Kier molecular flexibility index (Phi) is 3.62. The number of benzene rings is 2. The van der Waals surface area contributed by atoms with Gasteiger partial charge in [0.25, 0.3) is 0 Å². The van der Waals surface area contributed by atoms with Gasteiger partial charge < -0.3 is 10.1 Å². The van der Waals surface area contributed by atoms with E-state index in [9.17, 15) is 4.39 Å². The smallest absolute Gasteiger partial charge is 0.148 e. The predicted octanol–water partition coefficient (Wildman–Crippen LogP) is 4.78. The van der Waals surface area contributed by atoms with Crippen LogP contribution in [0.3, 0.4) is 0 Å². The maximum Gasteiger partial charge on any atom is 0.148 e. The Morgan fingerprint density at radius 1 is 1.10 bits per heavy atom. The average Bonchev–Trinajstić information content (AvgIpc) is 2.49. The summed E-state index contributed by atoms with van der Waals surface area (Å²) in [6.07, 6.45) is 0. The molecule has 5 heteroatoms. The van der Waals surface area contributed by atoms with Gasteiger partial charge >= 0.3 is 0 Å². The number of anilines is 2. The molecule has 1 N–H and O–H groups in total. The Balaban J connectivity index is 1.96. The van der Waals surface area contributed by atoms with Crippen molar-refractivity contribution in [1.29, 1.82) is 0 Å². The Morgan fingerprint density at radius 2 is 1.90 bits per heavy atom. The molecule has 0 bridgehead atoms. The molecular formula is C16H12ClFN2O. The second-order valence-electron chi connectivity index (χ2n) is 4.50. The molecule has 0 radical (unpaired) electrons. The van der Waals surface area contributed by atoms with Crippen molar-refractivity contribution in [2.75, 3.05) is 12.4 Å². The fraction of sp³-hybridized carbons (Fsp3) is 0.0625. The monoisotopic (exact) mass is 302 g/mol. The maximum absolute atomic E-state index is 13.8. The van der Waals surface area contributed by atoms with Crippen LogP contribution < -0.4 is 10.1 Å². The van der Waals surface area contributed by atoms with Gasteiger partial charge in [-0.2, -0.15) is 0 Å². The van der Waals surface area contributed by atoms with Crippen LogP contribution in [0, 0.1) is 5.82 Å². The van der Waals surface area contributed by atoms with E-state index in [1.165, 1.54) is 6.07 Å². The average molecular weight is 303 g/mol. The highest BCUT2D eigenvalue weighted by molar-refractivity contribution is 6.30. The predicted molar refractivity (Wildman–Crippen MR) is 83.0 cm³/mol. The molecule has 0 aliphatic rings. The van der Waals surface area contributed by atoms with E-state index in [0.717, 1.165) is 16.7 Å². The number of ether oxygens (including phenoxy) is 1. The third-order valence-electron chi connectivity index (χ3n) is 3.09. The molecule has 0 spiro atoms. The second kappa shape index (κ2) is 5.58. The van der Waals surface area contributed by atoms with Crippen LogP contribution in [0.1, 0.15) is 0 Å². The normalized spacial score (nSPS) is 10.6. The van der Waals surface area contributed by atoms with Crippen molar-refractivity contribution in [3.05, 3.63) is 59.4 Å². The van der Waals surface area contributed by atoms with E-state index in [0.29, 0.717) is 16.5 Å². The van der Waals surface area contributed by atoms with Crippen LogP contribution >= 0.6 is 11.6 Å². The lowest BCUT2D eigenvalue weighted by molar-refractivity contribution is 0.415. The molecule has 2 aromatic carbocycles. The summed E-state index contributed by atoms with van der Waals surface area (Å²) in [6, 6.07) is 13.8. The molecule has 0 aliphatic heterocycles. The van der Waals surface area contributed by atoms with Gasteiger partial charge in [0, 0.05) is 16.5 Å². The Hall–Kier alpha value is -2.33. The minimum atomic E-state index is -0.421.